The second kappa shape index (κ2) is 5.41. The first-order chi connectivity index (χ1) is 9.30. The summed E-state index contributed by atoms with van der Waals surface area (Å²) in [5.74, 6) is 0. The van der Waals surface area contributed by atoms with Crippen molar-refractivity contribution in [2.75, 3.05) is 0 Å². The summed E-state index contributed by atoms with van der Waals surface area (Å²) in [6.07, 6.45) is -0.551. The Morgan fingerprint density at radius 1 is 0.850 bits per heavy atom. The second-order valence-electron chi connectivity index (χ2n) is 6.58. The van der Waals surface area contributed by atoms with E-state index in [0.29, 0.717) is 0 Å². The molecular formula is C19H24O. The van der Waals surface area contributed by atoms with Gasteiger partial charge >= 0.3 is 0 Å². The number of hydrogen-bond acceptors (Lipinski definition) is 1. The Labute approximate surface area is 122 Å². The molecule has 0 amide bonds. The number of hydrogen-bond donors (Lipinski definition) is 1. The van der Waals surface area contributed by atoms with E-state index in [0.717, 1.165) is 22.3 Å². The minimum atomic E-state index is -0.551. The van der Waals surface area contributed by atoms with Gasteiger partial charge in [0, 0.05) is 0 Å². The van der Waals surface area contributed by atoms with Gasteiger partial charge < -0.3 is 5.11 Å². The van der Waals surface area contributed by atoms with Gasteiger partial charge in [-0.05, 0) is 47.1 Å². The zero-order chi connectivity index (χ0) is 14.9. The molecule has 1 heteroatoms. The van der Waals surface area contributed by atoms with Crippen molar-refractivity contribution in [2.45, 2.75) is 46.1 Å². The molecule has 1 N–H and O–H groups in total. The second-order valence-corrected chi connectivity index (χ2v) is 6.58. The summed E-state index contributed by atoms with van der Waals surface area (Å²) < 4.78 is 0. The van der Waals surface area contributed by atoms with E-state index in [1.807, 2.05) is 18.2 Å². The van der Waals surface area contributed by atoms with Gasteiger partial charge in [-0.1, -0.05) is 63.2 Å². The molecule has 0 heterocycles. The third-order valence-electron chi connectivity index (χ3n) is 3.91. The maximum Gasteiger partial charge on any atom is 0.105 e. The number of aryl methyl sites for hydroxylation is 2. The van der Waals surface area contributed by atoms with Crippen LogP contribution < -0.4 is 0 Å². The highest BCUT2D eigenvalue weighted by Crippen LogP contribution is 2.29. The van der Waals surface area contributed by atoms with E-state index in [9.17, 15) is 5.11 Å². The van der Waals surface area contributed by atoms with Gasteiger partial charge in [-0.25, -0.2) is 0 Å². The van der Waals surface area contributed by atoms with Gasteiger partial charge in [0.25, 0.3) is 0 Å². The molecule has 0 spiro atoms. The highest BCUT2D eigenvalue weighted by atomic mass is 16.3. The van der Waals surface area contributed by atoms with Crippen molar-refractivity contribution in [1.29, 1.82) is 0 Å². The highest BCUT2D eigenvalue weighted by Gasteiger charge is 2.17. The van der Waals surface area contributed by atoms with Gasteiger partial charge in [-0.15, -0.1) is 0 Å². The first-order valence-corrected chi connectivity index (χ1v) is 7.15. The molecule has 0 fully saturated rings. The standard InChI is InChI=1S/C19H24O/c1-13-7-6-8-14(2)17(13)18(20)15-9-11-16(12-10-15)19(3,4)5/h6-12,18,20H,1-5H3. The molecule has 2 rings (SSSR count). The molecule has 1 atom stereocenters. The minimum Gasteiger partial charge on any atom is -0.384 e. The van der Waals surface area contributed by atoms with Gasteiger partial charge in [0.05, 0.1) is 0 Å². The van der Waals surface area contributed by atoms with Crippen molar-refractivity contribution in [2.24, 2.45) is 0 Å². The van der Waals surface area contributed by atoms with Gasteiger partial charge in [-0.2, -0.15) is 0 Å². The Bertz CT molecular complexity index is 568. The monoisotopic (exact) mass is 268 g/mol. The third-order valence-corrected chi connectivity index (χ3v) is 3.91. The normalized spacial score (nSPS) is 13.3. The molecule has 0 bridgehead atoms. The molecule has 0 aliphatic rings. The Hall–Kier alpha value is -1.60. The summed E-state index contributed by atoms with van der Waals surface area (Å²) in [5.41, 5.74) is 5.68. The summed E-state index contributed by atoms with van der Waals surface area (Å²) in [4.78, 5) is 0. The predicted molar refractivity (Wildman–Crippen MR) is 85.1 cm³/mol. The summed E-state index contributed by atoms with van der Waals surface area (Å²) in [7, 11) is 0. The lowest BCUT2D eigenvalue weighted by Crippen LogP contribution is -2.11. The van der Waals surface area contributed by atoms with Crippen molar-refractivity contribution in [3.63, 3.8) is 0 Å². The fourth-order valence-corrected chi connectivity index (χ4v) is 2.59. The average Bonchev–Trinajstić information content (AvgIpc) is 2.37. The molecule has 0 aliphatic heterocycles. The van der Waals surface area contributed by atoms with Crippen LogP contribution in [0.25, 0.3) is 0 Å². The first kappa shape index (κ1) is 14.8. The van der Waals surface area contributed by atoms with Crippen LogP contribution in [0.5, 0.6) is 0 Å². The van der Waals surface area contributed by atoms with Crippen molar-refractivity contribution in [1.82, 2.24) is 0 Å². The molecule has 0 aromatic heterocycles. The molecular weight excluding hydrogens is 244 g/mol. The van der Waals surface area contributed by atoms with Crippen LogP contribution in [-0.2, 0) is 5.41 Å². The number of aliphatic hydroxyl groups is 1. The average molecular weight is 268 g/mol. The number of aliphatic hydroxyl groups excluding tert-OH is 1. The summed E-state index contributed by atoms with van der Waals surface area (Å²) >= 11 is 0. The van der Waals surface area contributed by atoms with Crippen LogP contribution in [0.3, 0.4) is 0 Å². The summed E-state index contributed by atoms with van der Waals surface area (Å²) in [5, 5.41) is 10.6. The lowest BCUT2D eigenvalue weighted by atomic mass is 9.85. The van der Waals surface area contributed by atoms with E-state index in [4.69, 9.17) is 0 Å². The topological polar surface area (TPSA) is 20.2 Å². The SMILES string of the molecule is Cc1cccc(C)c1C(O)c1ccc(C(C)(C)C)cc1. The van der Waals surface area contributed by atoms with E-state index in [2.05, 4.69) is 58.9 Å². The van der Waals surface area contributed by atoms with Crippen LogP contribution in [-0.4, -0.2) is 5.11 Å². The molecule has 1 nitrogen and oxygen atoms in total. The smallest absolute Gasteiger partial charge is 0.105 e. The van der Waals surface area contributed by atoms with Crippen LogP contribution >= 0.6 is 0 Å². The highest BCUT2D eigenvalue weighted by molar-refractivity contribution is 5.41. The van der Waals surface area contributed by atoms with E-state index in [1.165, 1.54) is 5.56 Å². The predicted octanol–water partition coefficient (Wildman–Crippen LogP) is 4.68. The zero-order valence-electron chi connectivity index (χ0n) is 13.1. The largest absolute Gasteiger partial charge is 0.384 e. The Morgan fingerprint density at radius 2 is 1.35 bits per heavy atom. The van der Waals surface area contributed by atoms with Crippen LogP contribution in [0, 0.1) is 13.8 Å². The number of benzene rings is 2. The molecule has 0 saturated heterocycles. The van der Waals surface area contributed by atoms with Gasteiger partial charge in [-0.3, -0.25) is 0 Å². The quantitative estimate of drug-likeness (QED) is 0.838. The zero-order valence-corrected chi connectivity index (χ0v) is 13.1. The maximum atomic E-state index is 10.6. The van der Waals surface area contributed by atoms with E-state index in [-0.39, 0.29) is 5.41 Å². The maximum absolute atomic E-state index is 10.6. The van der Waals surface area contributed by atoms with Crippen LogP contribution in [0.1, 0.15) is 54.7 Å². The number of rotatable bonds is 2. The fourth-order valence-electron chi connectivity index (χ4n) is 2.59. The molecule has 20 heavy (non-hydrogen) atoms. The van der Waals surface area contributed by atoms with Crippen LogP contribution in [0.4, 0.5) is 0 Å². The molecule has 0 aliphatic carbocycles. The fraction of sp³-hybridized carbons (Fsp3) is 0.368. The van der Waals surface area contributed by atoms with Crippen molar-refractivity contribution in [3.05, 3.63) is 70.3 Å². The minimum absolute atomic E-state index is 0.141. The Balaban J connectivity index is 2.37. The molecule has 0 saturated carbocycles. The van der Waals surface area contributed by atoms with E-state index < -0.39 is 6.10 Å². The lowest BCUT2D eigenvalue weighted by Gasteiger charge is -2.21. The summed E-state index contributed by atoms with van der Waals surface area (Å²) in [6.45, 7) is 10.7. The Morgan fingerprint density at radius 3 is 1.80 bits per heavy atom. The van der Waals surface area contributed by atoms with Crippen molar-refractivity contribution < 1.29 is 5.11 Å². The van der Waals surface area contributed by atoms with Gasteiger partial charge in [0.15, 0.2) is 0 Å². The lowest BCUT2D eigenvalue weighted by molar-refractivity contribution is 0.218. The van der Waals surface area contributed by atoms with Gasteiger partial charge in [0.1, 0.15) is 6.10 Å². The van der Waals surface area contributed by atoms with E-state index >= 15 is 0 Å². The van der Waals surface area contributed by atoms with Gasteiger partial charge in [0.2, 0.25) is 0 Å². The molecule has 2 aromatic carbocycles. The first-order valence-electron chi connectivity index (χ1n) is 7.15. The summed E-state index contributed by atoms with van der Waals surface area (Å²) in [6, 6.07) is 14.4. The molecule has 2 aromatic rings. The molecule has 1 unspecified atom stereocenters. The van der Waals surface area contributed by atoms with Crippen LogP contribution in [0.2, 0.25) is 0 Å². The van der Waals surface area contributed by atoms with Crippen molar-refractivity contribution >= 4 is 0 Å². The third kappa shape index (κ3) is 2.94. The molecule has 0 radical (unpaired) electrons. The molecule has 106 valence electrons. The Kier molecular flexibility index (Phi) is 4.01. The van der Waals surface area contributed by atoms with Crippen molar-refractivity contribution in [3.8, 4) is 0 Å². The van der Waals surface area contributed by atoms with Crippen LogP contribution in [0.15, 0.2) is 42.5 Å². The van der Waals surface area contributed by atoms with E-state index in [1.54, 1.807) is 0 Å².